The van der Waals surface area contributed by atoms with Crippen molar-refractivity contribution in [2.75, 3.05) is 31.1 Å². The number of pyridine rings is 2. The van der Waals surface area contributed by atoms with Crippen LogP contribution in [-0.2, 0) is 11.2 Å². The first-order chi connectivity index (χ1) is 10.3. The Labute approximate surface area is 124 Å². The van der Waals surface area contributed by atoms with Gasteiger partial charge >= 0.3 is 0 Å². The lowest BCUT2D eigenvalue weighted by atomic mass is 10.2. The zero-order valence-electron chi connectivity index (χ0n) is 11.9. The van der Waals surface area contributed by atoms with Crippen LogP contribution in [0.4, 0.5) is 5.82 Å². The summed E-state index contributed by atoms with van der Waals surface area (Å²) in [6.45, 7) is 3.13. The molecule has 0 spiro atoms. The quantitative estimate of drug-likeness (QED) is 0.853. The van der Waals surface area contributed by atoms with Gasteiger partial charge in [-0.3, -0.25) is 9.78 Å². The molecule has 0 aromatic carbocycles. The number of hydrogen-bond acceptors (Lipinski definition) is 4. The highest BCUT2D eigenvalue weighted by Crippen LogP contribution is 2.13. The van der Waals surface area contributed by atoms with E-state index in [0.29, 0.717) is 6.42 Å². The molecule has 0 aliphatic carbocycles. The SMILES string of the molecule is O=C(Cc1ccccn1)N1CCN(c2ccccn2)CC1. The molecule has 1 fully saturated rings. The van der Waals surface area contributed by atoms with Gasteiger partial charge in [-0.1, -0.05) is 12.1 Å². The van der Waals surface area contributed by atoms with E-state index >= 15 is 0 Å². The first-order valence-corrected chi connectivity index (χ1v) is 7.16. The molecule has 21 heavy (non-hydrogen) atoms. The van der Waals surface area contributed by atoms with Gasteiger partial charge in [-0.25, -0.2) is 4.98 Å². The maximum absolute atomic E-state index is 12.3. The normalized spacial score (nSPS) is 15.0. The van der Waals surface area contributed by atoms with Crippen molar-refractivity contribution in [1.29, 1.82) is 0 Å². The van der Waals surface area contributed by atoms with Crippen LogP contribution in [0.1, 0.15) is 5.69 Å². The minimum atomic E-state index is 0.148. The third-order valence-electron chi connectivity index (χ3n) is 3.66. The maximum Gasteiger partial charge on any atom is 0.228 e. The highest BCUT2D eigenvalue weighted by molar-refractivity contribution is 5.78. The van der Waals surface area contributed by atoms with Gasteiger partial charge < -0.3 is 9.80 Å². The van der Waals surface area contributed by atoms with Crippen molar-refractivity contribution in [3.63, 3.8) is 0 Å². The van der Waals surface area contributed by atoms with Gasteiger partial charge in [-0.2, -0.15) is 0 Å². The lowest BCUT2D eigenvalue weighted by molar-refractivity contribution is -0.130. The third-order valence-corrected chi connectivity index (χ3v) is 3.66. The highest BCUT2D eigenvalue weighted by Gasteiger charge is 2.21. The standard InChI is InChI=1S/C16H18N4O/c21-16(13-14-5-1-3-7-17-14)20-11-9-19(10-12-20)15-6-2-4-8-18-15/h1-8H,9-13H2. The molecule has 2 aromatic rings. The molecule has 0 saturated carbocycles. The lowest BCUT2D eigenvalue weighted by Gasteiger charge is -2.35. The van der Waals surface area contributed by atoms with Crippen LogP contribution in [0.5, 0.6) is 0 Å². The fourth-order valence-corrected chi connectivity index (χ4v) is 2.50. The minimum Gasteiger partial charge on any atom is -0.353 e. The van der Waals surface area contributed by atoms with E-state index in [1.807, 2.05) is 41.3 Å². The van der Waals surface area contributed by atoms with Crippen LogP contribution in [0, 0.1) is 0 Å². The van der Waals surface area contributed by atoms with Crippen LogP contribution in [0.2, 0.25) is 0 Å². The summed E-state index contributed by atoms with van der Waals surface area (Å²) in [5, 5.41) is 0. The molecule has 1 aliphatic rings. The van der Waals surface area contributed by atoms with Crippen LogP contribution >= 0.6 is 0 Å². The second kappa shape index (κ2) is 6.35. The summed E-state index contributed by atoms with van der Waals surface area (Å²) < 4.78 is 0. The van der Waals surface area contributed by atoms with Gasteiger partial charge in [0, 0.05) is 44.3 Å². The number of aromatic nitrogens is 2. The molecule has 3 rings (SSSR count). The molecule has 1 aliphatic heterocycles. The molecule has 108 valence electrons. The van der Waals surface area contributed by atoms with Gasteiger partial charge in [0.25, 0.3) is 0 Å². The Morgan fingerprint density at radius 1 is 0.952 bits per heavy atom. The van der Waals surface area contributed by atoms with Crippen molar-refractivity contribution in [2.24, 2.45) is 0 Å². The van der Waals surface area contributed by atoms with E-state index in [0.717, 1.165) is 37.7 Å². The van der Waals surface area contributed by atoms with E-state index in [-0.39, 0.29) is 5.91 Å². The molecular weight excluding hydrogens is 264 g/mol. The van der Waals surface area contributed by atoms with E-state index in [4.69, 9.17) is 0 Å². The Hall–Kier alpha value is -2.43. The van der Waals surface area contributed by atoms with E-state index in [2.05, 4.69) is 14.9 Å². The molecular formula is C16H18N4O. The summed E-state index contributed by atoms with van der Waals surface area (Å²) in [6.07, 6.45) is 3.90. The molecule has 1 saturated heterocycles. The van der Waals surface area contributed by atoms with Crippen LogP contribution < -0.4 is 4.90 Å². The van der Waals surface area contributed by atoms with E-state index in [1.165, 1.54) is 0 Å². The van der Waals surface area contributed by atoms with E-state index < -0.39 is 0 Å². The van der Waals surface area contributed by atoms with Gasteiger partial charge in [0.1, 0.15) is 5.82 Å². The van der Waals surface area contributed by atoms with Gasteiger partial charge in [0.2, 0.25) is 5.91 Å². The summed E-state index contributed by atoms with van der Waals surface area (Å²) in [6, 6.07) is 11.6. The zero-order chi connectivity index (χ0) is 14.5. The summed E-state index contributed by atoms with van der Waals surface area (Å²) in [5.41, 5.74) is 0.828. The van der Waals surface area contributed by atoms with E-state index in [9.17, 15) is 4.79 Å². The minimum absolute atomic E-state index is 0.148. The number of rotatable bonds is 3. The van der Waals surface area contributed by atoms with Crippen molar-refractivity contribution in [2.45, 2.75) is 6.42 Å². The van der Waals surface area contributed by atoms with Gasteiger partial charge in [-0.05, 0) is 24.3 Å². The Bertz CT molecular complexity index is 580. The molecule has 2 aromatic heterocycles. The Balaban J connectivity index is 1.55. The number of anilines is 1. The maximum atomic E-state index is 12.3. The smallest absolute Gasteiger partial charge is 0.228 e. The molecule has 3 heterocycles. The summed E-state index contributed by atoms with van der Waals surface area (Å²) in [4.78, 5) is 24.9. The van der Waals surface area contributed by atoms with Crippen molar-refractivity contribution in [1.82, 2.24) is 14.9 Å². The van der Waals surface area contributed by atoms with Crippen LogP contribution in [0.3, 0.4) is 0 Å². The summed E-state index contributed by atoms with van der Waals surface area (Å²) >= 11 is 0. The molecule has 0 atom stereocenters. The number of carbonyl (C=O) groups is 1. The fourth-order valence-electron chi connectivity index (χ4n) is 2.50. The molecule has 1 amide bonds. The number of nitrogens with zero attached hydrogens (tertiary/aromatic N) is 4. The molecule has 0 bridgehead atoms. The number of amides is 1. The second-order valence-electron chi connectivity index (χ2n) is 5.05. The molecule has 5 nitrogen and oxygen atoms in total. The summed E-state index contributed by atoms with van der Waals surface area (Å²) in [5.74, 6) is 1.13. The Kier molecular flexibility index (Phi) is 4.09. The van der Waals surface area contributed by atoms with Gasteiger partial charge in [-0.15, -0.1) is 0 Å². The topological polar surface area (TPSA) is 49.3 Å². The fraction of sp³-hybridized carbons (Fsp3) is 0.312. The third kappa shape index (κ3) is 3.37. The largest absolute Gasteiger partial charge is 0.353 e. The lowest BCUT2D eigenvalue weighted by Crippen LogP contribution is -2.49. The second-order valence-corrected chi connectivity index (χ2v) is 5.05. The number of carbonyl (C=O) groups excluding carboxylic acids is 1. The predicted octanol–water partition coefficient (Wildman–Crippen LogP) is 1.37. The Morgan fingerprint density at radius 2 is 1.67 bits per heavy atom. The number of hydrogen-bond donors (Lipinski definition) is 0. The van der Waals surface area contributed by atoms with Crippen LogP contribution in [0.15, 0.2) is 48.8 Å². The molecule has 0 radical (unpaired) electrons. The van der Waals surface area contributed by atoms with Crippen molar-refractivity contribution in [3.05, 3.63) is 54.5 Å². The van der Waals surface area contributed by atoms with Gasteiger partial charge in [0.15, 0.2) is 0 Å². The average molecular weight is 282 g/mol. The van der Waals surface area contributed by atoms with E-state index in [1.54, 1.807) is 12.4 Å². The molecule has 0 N–H and O–H groups in total. The van der Waals surface area contributed by atoms with Gasteiger partial charge in [0.05, 0.1) is 6.42 Å². The molecule has 0 unspecified atom stereocenters. The molecule has 5 heteroatoms. The van der Waals surface area contributed by atoms with Crippen LogP contribution in [0.25, 0.3) is 0 Å². The Morgan fingerprint density at radius 3 is 2.29 bits per heavy atom. The van der Waals surface area contributed by atoms with Crippen molar-refractivity contribution in [3.8, 4) is 0 Å². The first kappa shape index (κ1) is 13.5. The average Bonchev–Trinajstić information content (AvgIpc) is 2.57. The zero-order valence-corrected chi connectivity index (χ0v) is 11.9. The van der Waals surface area contributed by atoms with Crippen molar-refractivity contribution < 1.29 is 4.79 Å². The van der Waals surface area contributed by atoms with Crippen LogP contribution in [-0.4, -0.2) is 47.0 Å². The predicted molar refractivity (Wildman–Crippen MR) is 81.0 cm³/mol. The highest BCUT2D eigenvalue weighted by atomic mass is 16.2. The number of piperazine rings is 1. The first-order valence-electron chi connectivity index (χ1n) is 7.16. The monoisotopic (exact) mass is 282 g/mol. The summed E-state index contributed by atoms with van der Waals surface area (Å²) in [7, 11) is 0. The van der Waals surface area contributed by atoms with Crippen molar-refractivity contribution >= 4 is 11.7 Å².